The summed E-state index contributed by atoms with van der Waals surface area (Å²) in [7, 11) is 0. The molecule has 1 aromatic rings. The number of rotatable bonds is 5. The molecule has 4 amide bonds. The second-order valence-corrected chi connectivity index (χ2v) is 6.04. The number of nitrogens with zero attached hydrogens (tertiary/aromatic N) is 2. The van der Waals surface area contributed by atoms with E-state index in [9.17, 15) is 14.4 Å². The highest BCUT2D eigenvalue weighted by Crippen LogP contribution is 2.17. The Morgan fingerprint density at radius 1 is 1.48 bits per heavy atom. The zero-order valence-corrected chi connectivity index (χ0v) is 13.9. The highest BCUT2D eigenvalue weighted by Gasteiger charge is 2.32. The highest BCUT2D eigenvalue weighted by molar-refractivity contribution is 6.03. The Hall–Kier alpha value is -2.68. The van der Waals surface area contributed by atoms with Crippen molar-refractivity contribution in [2.45, 2.75) is 25.5 Å². The van der Waals surface area contributed by atoms with Gasteiger partial charge >= 0.3 is 6.03 Å². The lowest BCUT2D eigenvalue weighted by atomic mass is 10.1. The largest absolute Gasteiger partial charge is 0.484 e. The number of carbonyl (C=O) groups excluding carboxylic acids is 3. The molecule has 3 rings (SSSR count). The van der Waals surface area contributed by atoms with E-state index in [-0.39, 0.29) is 31.1 Å². The third-order valence-corrected chi connectivity index (χ3v) is 4.02. The maximum absolute atomic E-state index is 12.2. The molecule has 2 fully saturated rings. The van der Waals surface area contributed by atoms with Gasteiger partial charge < -0.3 is 19.7 Å². The summed E-state index contributed by atoms with van der Waals surface area (Å²) in [4.78, 5) is 40.2. The monoisotopic (exact) mass is 348 g/mol. The van der Waals surface area contributed by atoms with Gasteiger partial charge in [0.15, 0.2) is 0 Å². The molecule has 9 heteroatoms. The van der Waals surface area contributed by atoms with Crippen molar-refractivity contribution in [3.05, 3.63) is 24.0 Å². The molecule has 0 bridgehead atoms. The molecular weight excluding hydrogens is 328 g/mol. The number of aryl methyl sites for hydroxylation is 1. The Labute approximate surface area is 144 Å². The van der Waals surface area contributed by atoms with Crippen molar-refractivity contribution in [1.82, 2.24) is 20.5 Å². The van der Waals surface area contributed by atoms with Crippen molar-refractivity contribution >= 4 is 17.8 Å². The lowest BCUT2D eigenvalue weighted by molar-refractivity contribution is -0.124. The van der Waals surface area contributed by atoms with E-state index in [1.807, 2.05) is 19.1 Å². The molecule has 0 saturated carbocycles. The first kappa shape index (κ1) is 17.2. The summed E-state index contributed by atoms with van der Waals surface area (Å²) in [5, 5.41) is 5.00. The predicted molar refractivity (Wildman–Crippen MR) is 85.9 cm³/mol. The second-order valence-electron chi connectivity index (χ2n) is 6.04. The van der Waals surface area contributed by atoms with Gasteiger partial charge in [-0.3, -0.25) is 19.9 Å². The Morgan fingerprint density at radius 3 is 3.00 bits per heavy atom. The van der Waals surface area contributed by atoms with Crippen LogP contribution in [0.15, 0.2) is 18.3 Å². The van der Waals surface area contributed by atoms with Crippen molar-refractivity contribution in [1.29, 1.82) is 0 Å². The van der Waals surface area contributed by atoms with Crippen LogP contribution in [0.1, 0.15) is 12.1 Å². The number of hydrogen-bond donors (Lipinski definition) is 2. The van der Waals surface area contributed by atoms with Gasteiger partial charge in [0.1, 0.15) is 24.9 Å². The third-order valence-electron chi connectivity index (χ3n) is 4.02. The average molecular weight is 348 g/mol. The number of pyridine rings is 1. The molecule has 134 valence electrons. The molecule has 2 aliphatic rings. The van der Waals surface area contributed by atoms with E-state index in [1.165, 1.54) is 0 Å². The number of hydrogen-bond acceptors (Lipinski definition) is 6. The van der Waals surface area contributed by atoms with Crippen LogP contribution in [0.25, 0.3) is 0 Å². The zero-order chi connectivity index (χ0) is 17.8. The topological polar surface area (TPSA) is 110 Å². The third kappa shape index (κ3) is 4.44. The number of aromatic nitrogens is 1. The van der Waals surface area contributed by atoms with E-state index in [2.05, 4.69) is 15.6 Å². The molecule has 0 aliphatic carbocycles. The van der Waals surface area contributed by atoms with Crippen molar-refractivity contribution < 1.29 is 23.9 Å². The lowest BCUT2D eigenvalue weighted by Gasteiger charge is -2.32. The first-order valence-corrected chi connectivity index (χ1v) is 8.06. The minimum absolute atomic E-state index is 0.102. The molecule has 0 radical (unpaired) electrons. The summed E-state index contributed by atoms with van der Waals surface area (Å²) in [6.45, 7) is 2.47. The van der Waals surface area contributed by atoms with Crippen molar-refractivity contribution in [3.63, 3.8) is 0 Å². The summed E-state index contributed by atoms with van der Waals surface area (Å²) in [5.74, 6) is -0.144. The van der Waals surface area contributed by atoms with E-state index < -0.39 is 11.9 Å². The molecule has 2 N–H and O–H groups in total. The molecular formula is C16H20N4O5. The first-order chi connectivity index (χ1) is 12.0. The number of urea groups is 1. The van der Waals surface area contributed by atoms with Crippen molar-refractivity contribution in [2.75, 3.05) is 26.3 Å². The summed E-state index contributed by atoms with van der Waals surface area (Å²) in [5.41, 5.74) is 0.885. The van der Waals surface area contributed by atoms with Crippen molar-refractivity contribution in [2.24, 2.45) is 0 Å². The standard InChI is InChI=1S/C16H20N4O5/c1-10-2-3-11(6-17-10)25-13-9-24-5-4-12(13)18-14(21)7-20-8-15(22)19-16(20)23/h2-3,6,12-13H,4-5,7-9H2,1H3,(H,18,21)(H,19,22,23)/t12-,13+/m1/s1. The number of ether oxygens (including phenoxy) is 2. The minimum Gasteiger partial charge on any atom is -0.484 e. The molecule has 1 aromatic heterocycles. The van der Waals surface area contributed by atoms with E-state index >= 15 is 0 Å². The van der Waals surface area contributed by atoms with Gasteiger partial charge in [0, 0.05) is 12.3 Å². The maximum atomic E-state index is 12.2. The normalized spacial score (nSPS) is 23.3. The van der Waals surface area contributed by atoms with Crippen LogP contribution in [0.2, 0.25) is 0 Å². The molecule has 2 saturated heterocycles. The fourth-order valence-corrected chi connectivity index (χ4v) is 2.73. The van der Waals surface area contributed by atoms with Gasteiger partial charge in [-0.2, -0.15) is 0 Å². The molecule has 9 nitrogen and oxygen atoms in total. The first-order valence-electron chi connectivity index (χ1n) is 8.06. The minimum atomic E-state index is -0.550. The van der Waals surface area contributed by atoms with Gasteiger partial charge in [0.05, 0.1) is 18.8 Å². The summed E-state index contributed by atoms with van der Waals surface area (Å²) in [6, 6.07) is 2.86. The molecule has 25 heavy (non-hydrogen) atoms. The number of nitrogens with one attached hydrogen (secondary N) is 2. The van der Waals surface area contributed by atoms with Crippen LogP contribution >= 0.6 is 0 Å². The average Bonchev–Trinajstić information content (AvgIpc) is 2.88. The fraction of sp³-hybridized carbons (Fsp3) is 0.500. The van der Waals surface area contributed by atoms with E-state index in [0.717, 1.165) is 10.6 Å². The SMILES string of the molecule is Cc1ccc(O[C@H]2COCC[C@H]2NC(=O)CN2CC(=O)NC2=O)cn1. The van der Waals surface area contributed by atoms with E-state index in [0.29, 0.717) is 25.4 Å². The van der Waals surface area contributed by atoms with E-state index in [1.54, 1.807) is 6.20 Å². The van der Waals surface area contributed by atoms with Gasteiger partial charge in [0.2, 0.25) is 11.8 Å². The Balaban J connectivity index is 1.57. The highest BCUT2D eigenvalue weighted by atomic mass is 16.5. The Kier molecular flexibility index (Phi) is 5.13. The molecule has 2 aliphatic heterocycles. The summed E-state index contributed by atoms with van der Waals surface area (Å²) >= 11 is 0. The van der Waals surface area contributed by atoms with Crippen molar-refractivity contribution in [3.8, 4) is 5.75 Å². The Morgan fingerprint density at radius 2 is 2.32 bits per heavy atom. The van der Waals surface area contributed by atoms with Crippen LogP contribution in [0.4, 0.5) is 4.79 Å². The number of carbonyl (C=O) groups is 3. The summed E-state index contributed by atoms with van der Waals surface area (Å²) in [6.07, 6.45) is 1.88. The predicted octanol–water partition coefficient (Wildman–Crippen LogP) is -0.406. The smallest absolute Gasteiger partial charge is 0.325 e. The molecule has 0 aromatic carbocycles. The van der Waals surface area contributed by atoms with Crippen LogP contribution in [-0.4, -0.2) is 66.2 Å². The van der Waals surface area contributed by atoms with Gasteiger partial charge in [-0.25, -0.2) is 4.79 Å². The van der Waals surface area contributed by atoms with Gasteiger partial charge in [-0.15, -0.1) is 0 Å². The van der Waals surface area contributed by atoms with E-state index in [4.69, 9.17) is 9.47 Å². The van der Waals surface area contributed by atoms with Gasteiger partial charge in [-0.1, -0.05) is 0 Å². The molecule has 0 unspecified atom stereocenters. The maximum Gasteiger partial charge on any atom is 0.325 e. The second kappa shape index (κ2) is 7.47. The Bertz CT molecular complexity index is 663. The molecule has 0 spiro atoms. The fourth-order valence-electron chi connectivity index (χ4n) is 2.73. The number of imide groups is 1. The van der Waals surface area contributed by atoms with Crippen LogP contribution in [0, 0.1) is 6.92 Å². The lowest BCUT2D eigenvalue weighted by Crippen LogP contribution is -2.53. The quantitative estimate of drug-likeness (QED) is 0.701. The summed E-state index contributed by atoms with van der Waals surface area (Å²) < 4.78 is 11.3. The van der Waals surface area contributed by atoms with Gasteiger partial charge in [0.25, 0.3) is 0 Å². The van der Waals surface area contributed by atoms with Crippen LogP contribution in [-0.2, 0) is 14.3 Å². The number of amides is 4. The molecule has 2 atom stereocenters. The molecule has 3 heterocycles. The van der Waals surface area contributed by atoms with Crippen LogP contribution in [0.5, 0.6) is 5.75 Å². The van der Waals surface area contributed by atoms with Crippen LogP contribution in [0.3, 0.4) is 0 Å². The van der Waals surface area contributed by atoms with Gasteiger partial charge in [-0.05, 0) is 25.5 Å². The van der Waals surface area contributed by atoms with Crippen LogP contribution < -0.4 is 15.4 Å². The zero-order valence-electron chi connectivity index (χ0n) is 13.9.